The van der Waals surface area contributed by atoms with E-state index in [0.29, 0.717) is 5.56 Å². The summed E-state index contributed by atoms with van der Waals surface area (Å²) in [6.07, 6.45) is 1.89. The molecule has 0 N–H and O–H groups in total. The van der Waals surface area contributed by atoms with E-state index in [4.69, 9.17) is 16.3 Å². The monoisotopic (exact) mass is 311 g/mol. The van der Waals surface area contributed by atoms with E-state index in [9.17, 15) is 4.79 Å². The maximum Gasteiger partial charge on any atom is 0.339 e. The third-order valence-electron chi connectivity index (χ3n) is 2.73. The Kier molecular flexibility index (Phi) is 3.91. The van der Waals surface area contributed by atoms with Crippen molar-refractivity contribution < 1.29 is 9.53 Å². The van der Waals surface area contributed by atoms with E-state index in [1.165, 1.54) is 7.11 Å². The normalized spacial score (nSPS) is 20.9. The van der Waals surface area contributed by atoms with E-state index in [1.54, 1.807) is 17.8 Å². The molecule has 0 spiro atoms. The van der Waals surface area contributed by atoms with E-state index >= 15 is 0 Å². The van der Waals surface area contributed by atoms with Crippen molar-refractivity contribution in [2.75, 3.05) is 7.11 Å². The summed E-state index contributed by atoms with van der Waals surface area (Å²) in [6.45, 7) is 8.14. The van der Waals surface area contributed by atoms with E-state index in [2.05, 4.69) is 25.8 Å². The zero-order valence-electron chi connectivity index (χ0n) is 12.3. The fourth-order valence-corrected chi connectivity index (χ4v) is 3.39. The summed E-state index contributed by atoms with van der Waals surface area (Å²) in [5.41, 5.74) is 0.562. The largest absolute Gasteiger partial charge is 0.465 e. The van der Waals surface area contributed by atoms with Crippen LogP contribution >= 0.6 is 23.4 Å². The highest BCUT2D eigenvalue weighted by Crippen LogP contribution is 2.33. The van der Waals surface area contributed by atoms with Gasteiger partial charge in [-0.1, -0.05) is 32.4 Å². The molecule has 0 saturated carbocycles. The van der Waals surface area contributed by atoms with Crippen LogP contribution in [0.25, 0.3) is 6.08 Å². The van der Waals surface area contributed by atoms with E-state index < -0.39 is 5.00 Å². The van der Waals surface area contributed by atoms with Crippen molar-refractivity contribution in [2.45, 2.75) is 42.3 Å². The maximum absolute atomic E-state index is 12.0. The van der Waals surface area contributed by atoms with Gasteiger partial charge in [0, 0.05) is 14.9 Å². The number of fused-ring (bicyclic) bond motifs is 1. The van der Waals surface area contributed by atoms with Crippen LogP contribution in [0.2, 0.25) is 0 Å². The molecule has 0 aromatic heterocycles. The minimum absolute atomic E-state index is 0.0307. The topological polar surface area (TPSA) is 38.7 Å². The van der Waals surface area contributed by atoms with Crippen LogP contribution in [0.3, 0.4) is 0 Å². The molecule has 1 unspecified atom stereocenters. The highest BCUT2D eigenvalue weighted by Gasteiger charge is 2.26. The van der Waals surface area contributed by atoms with E-state index in [1.807, 2.05) is 19.1 Å². The third kappa shape index (κ3) is 3.18. The number of halogens is 1. The van der Waals surface area contributed by atoms with Crippen molar-refractivity contribution in [3.8, 4) is 0 Å². The highest BCUT2D eigenvalue weighted by atomic mass is 35.5. The van der Waals surface area contributed by atoms with Crippen LogP contribution in [0, 0.1) is 0 Å². The van der Waals surface area contributed by atoms with Gasteiger partial charge in [-0.15, -0.1) is 11.8 Å². The molecule has 1 aliphatic heterocycles. The molecule has 5 heteroatoms. The summed E-state index contributed by atoms with van der Waals surface area (Å²) in [4.78, 5) is 16.6. The number of carbonyl (C=O) groups excluding carboxylic acids is 1. The van der Waals surface area contributed by atoms with Gasteiger partial charge in [-0.2, -0.15) is 0 Å². The lowest BCUT2D eigenvalue weighted by atomic mass is 10.1. The first-order valence-corrected chi connectivity index (χ1v) is 7.54. The fraction of sp³-hybridized carbons (Fsp3) is 0.467. The Hall–Kier alpha value is -1.00. The van der Waals surface area contributed by atoms with Crippen LogP contribution in [0.5, 0.6) is 0 Å². The van der Waals surface area contributed by atoms with Crippen molar-refractivity contribution >= 4 is 35.4 Å². The van der Waals surface area contributed by atoms with Gasteiger partial charge in [-0.25, -0.2) is 4.79 Å². The van der Waals surface area contributed by atoms with Crippen molar-refractivity contribution in [1.29, 1.82) is 0 Å². The Morgan fingerprint density at radius 2 is 2.05 bits per heavy atom. The second kappa shape index (κ2) is 5.08. The molecule has 20 heavy (non-hydrogen) atoms. The zero-order chi connectivity index (χ0) is 15.1. The number of carbonyl (C=O) groups is 1. The molecule has 0 fully saturated rings. The van der Waals surface area contributed by atoms with Gasteiger partial charge in [0.2, 0.25) is 0 Å². The van der Waals surface area contributed by atoms with Gasteiger partial charge < -0.3 is 4.74 Å². The first-order chi connectivity index (χ1) is 9.13. The Balaban J connectivity index is 2.72. The van der Waals surface area contributed by atoms with Crippen molar-refractivity contribution in [2.24, 2.45) is 4.99 Å². The molecule has 0 bridgehead atoms. The molecule has 1 aromatic rings. The molecule has 2 rings (SSSR count). The molecular formula is C15H18ClNO2S. The lowest BCUT2D eigenvalue weighted by molar-refractivity contribution is 0.0596. The van der Waals surface area contributed by atoms with E-state index in [-0.39, 0.29) is 10.7 Å². The number of ether oxygens (including phenoxy) is 1. The number of alkyl halides is 1. The highest BCUT2D eigenvalue weighted by molar-refractivity contribution is 8.00. The molecule has 0 saturated heterocycles. The standard InChI is InChI=1S/C15H18ClNO2S/c1-14(2,3)20-12-9(13(18)19-5)6-7-11-10(12)8-15(4,16)17-11/h6-8H,1-5H3. The third-order valence-corrected chi connectivity index (χ3v) is 4.18. The lowest BCUT2D eigenvalue weighted by Crippen LogP contribution is -2.28. The summed E-state index contributed by atoms with van der Waals surface area (Å²) < 4.78 is 4.84. The average molecular weight is 312 g/mol. The van der Waals surface area contributed by atoms with Crippen molar-refractivity contribution in [3.05, 3.63) is 28.3 Å². The minimum atomic E-state index is -0.746. The number of hydrogen-bond donors (Lipinski definition) is 0. The quantitative estimate of drug-likeness (QED) is 0.365. The molecule has 0 amide bonds. The van der Waals surface area contributed by atoms with Crippen LogP contribution in [0.1, 0.15) is 38.1 Å². The molecule has 0 radical (unpaired) electrons. The smallest absolute Gasteiger partial charge is 0.339 e. The summed E-state index contributed by atoms with van der Waals surface area (Å²) in [7, 11) is 1.39. The Morgan fingerprint density at radius 1 is 1.40 bits per heavy atom. The minimum Gasteiger partial charge on any atom is -0.465 e. The number of rotatable bonds is 2. The number of esters is 1. The first-order valence-electron chi connectivity index (χ1n) is 6.35. The lowest BCUT2D eigenvalue weighted by Gasteiger charge is -2.19. The van der Waals surface area contributed by atoms with Gasteiger partial charge in [0.05, 0.1) is 18.0 Å². The van der Waals surface area contributed by atoms with Crippen LogP contribution in [-0.4, -0.2) is 22.8 Å². The molecule has 1 heterocycles. The van der Waals surface area contributed by atoms with Gasteiger partial charge in [-0.3, -0.25) is 4.99 Å². The van der Waals surface area contributed by atoms with Gasteiger partial charge in [0.1, 0.15) is 0 Å². The fourth-order valence-electron chi connectivity index (χ4n) is 2.04. The summed E-state index contributed by atoms with van der Waals surface area (Å²) in [5, 5.41) is 1.74. The molecule has 1 atom stereocenters. The maximum atomic E-state index is 12.0. The van der Waals surface area contributed by atoms with Crippen LogP contribution < -0.4 is 10.6 Å². The number of hydrogen-bond acceptors (Lipinski definition) is 4. The molecule has 1 aliphatic rings. The molecular weight excluding hydrogens is 294 g/mol. The van der Waals surface area contributed by atoms with Gasteiger partial charge >= 0.3 is 5.97 Å². The number of methoxy groups -OCH3 is 1. The van der Waals surface area contributed by atoms with E-state index in [0.717, 1.165) is 15.5 Å². The second-order valence-corrected chi connectivity index (χ2v) is 8.46. The summed E-state index contributed by atoms with van der Waals surface area (Å²) in [5.74, 6) is -0.337. The predicted octanol–water partition coefficient (Wildman–Crippen LogP) is 2.73. The van der Waals surface area contributed by atoms with Crippen molar-refractivity contribution in [3.63, 3.8) is 0 Å². The van der Waals surface area contributed by atoms with Gasteiger partial charge in [0.15, 0.2) is 5.00 Å². The Bertz CT molecular complexity index is 674. The SMILES string of the molecule is COC(=O)c1ccc2c(c1SC(C)(C)C)=CC(C)(Cl)N=2. The Labute approximate surface area is 128 Å². The van der Waals surface area contributed by atoms with Crippen LogP contribution in [-0.2, 0) is 4.74 Å². The summed E-state index contributed by atoms with van der Waals surface area (Å²) in [6, 6.07) is 3.58. The second-order valence-electron chi connectivity index (χ2n) is 5.86. The number of nitrogens with zero attached hydrogens (tertiary/aromatic N) is 1. The first kappa shape index (κ1) is 15.4. The number of thioether (sulfide) groups is 1. The molecule has 0 aliphatic carbocycles. The number of benzene rings is 1. The molecule has 108 valence electrons. The average Bonchev–Trinajstić information content (AvgIpc) is 2.61. The Morgan fingerprint density at radius 3 is 2.60 bits per heavy atom. The van der Waals surface area contributed by atoms with Crippen molar-refractivity contribution in [1.82, 2.24) is 0 Å². The van der Waals surface area contributed by atoms with Gasteiger partial charge in [0.25, 0.3) is 0 Å². The van der Waals surface area contributed by atoms with Crippen LogP contribution in [0.15, 0.2) is 22.0 Å². The molecule has 3 nitrogen and oxygen atoms in total. The predicted molar refractivity (Wildman–Crippen MR) is 82.9 cm³/mol. The molecule has 1 aromatic carbocycles. The summed E-state index contributed by atoms with van der Waals surface area (Å²) >= 11 is 7.92. The zero-order valence-corrected chi connectivity index (χ0v) is 13.9. The van der Waals surface area contributed by atoms with Crippen LogP contribution in [0.4, 0.5) is 0 Å². The van der Waals surface area contributed by atoms with Gasteiger partial charge in [-0.05, 0) is 25.1 Å².